The molecule has 0 aromatic rings. The van der Waals surface area contributed by atoms with Gasteiger partial charge in [0.05, 0.1) is 25.0 Å². The molecule has 0 spiro atoms. The molecule has 2 bridgehead atoms. The standard InChI is InChI=1S/C12H19NO4/c1-12(2,3)17-11(15)13-4-8-6-16-7-9(5-13)10(8)14/h8-9H,4-7H2,1-3H3. The second-order valence-electron chi connectivity index (χ2n) is 5.72. The molecule has 0 aromatic heterocycles. The van der Waals surface area contributed by atoms with Crippen molar-refractivity contribution in [2.45, 2.75) is 26.4 Å². The Morgan fingerprint density at radius 2 is 1.82 bits per heavy atom. The molecule has 2 atom stereocenters. The highest BCUT2D eigenvalue weighted by Crippen LogP contribution is 2.25. The lowest BCUT2D eigenvalue weighted by molar-refractivity contribution is -0.144. The first-order chi connectivity index (χ1) is 7.87. The van der Waals surface area contributed by atoms with Gasteiger partial charge in [0.15, 0.2) is 0 Å². The summed E-state index contributed by atoms with van der Waals surface area (Å²) in [5.41, 5.74) is -0.496. The Labute approximate surface area is 101 Å². The number of carbonyl (C=O) groups excluding carboxylic acids is 2. The lowest BCUT2D eigenvalue weighted by Crippen LogP contribution is -2.55. The largest absolute Gasteiger partial charge is 0.444 e. The number of ketones is 1. The van der Waals surface area contributed by atoms with E-state index in [2.05, 4.69) is 0 Å². The van der Waals surface area contributed by atoms with Gasteiger partial charge in [0.25, 0.3) is 0 Å². The van der Waals surface area contributed by atoms with E-state index in [-0.39, 0.29) is 23.7 Å². The van der Waals surface area contributed by atoms with Crippen molar-refractivity contribution in [1.29, 1.82) is 0 Å². The molecule has 2 aliphatic heterocycles. The lowest BCUT2D eigenvalue weighted by atomic mass is 9.87. The van der Waals surface area contributed by atoms with Crippen molar-refractivity contribution in [1.82, 2.24) is 4.90 Å². The molecular formula is C12H19NO4. The average Bonchev–Trinajstić information content (AvgIpc) is 2.13. The number of carbonyl (C=O) groups is 2. The van der Waals surface area contributed by atoms with Crippen molar-refractivity contribution in [2.75, 3.05) is 26.3 Å². The molecule has 2 aliphatic rings. The molecule has 96 valence electrons. The van der Waals surface area contributed by atoms with Crippen LogP contribution in [-0.4, -0.2) is 48.7 Å². The molecule has 0 saturated carbocycles. The second-order valence-corrected chi connectivity index (χ2v) is 5.72. The molecule has 2 rings (SSSR count). The smallest absolute Gasteiger partial charge is 0.410 e. The average molecular weight is 241 g/mol. The number of ether oxygens (including phenoxy) is 2. The quantitative estimate of drug-likeness (QED) is 0.636. The van der Waals surface area contributed by atoms with Crippen molar-refractivity contribution < 1.29 is 19.1 Å². The van der Waals surface area contributed by atoms with Gasteiger partial charge in [0, 0.05) is 13.1 Å². The fraction of sp³-hybridized carbons (Fsp3) is 0.833. The number of hydrogen-bond donors (Lipinski definition) is 0. The van der Waals surface area contributed by atoms with E-state index in [1.54, 1.807) is 4.90 Å². The predicted octanol–water partition coefficient (Wildman–Crippen LogP) is 1.07. The van der Waals surface area contributed by atoms with Crippen LogP contribution in [0, 0.1) is 11.8 Å². The first-order valence-electron chi connectivity index (χ1n) is 5.96. The van der Waals surface area contributed by atoms with E-state index in [0.29, 0.717) is 26.3 Å². The Morgan fingerprint density at radius 1 is 1.29 bits per heavy atom. The zero-order valence-corrected chi connectivity index (χ0v) is 10.6. The Morgan fingerprint density at radius 3 is 2.29 bits per heavy atom. The SMILES string of the molecule is CC(C)(C)OC(=O)N1CC2COCC(C1)C2=O. The van der Waals surface area contributed by atoms with Gasteiger partial charge in [-0.15, -0.1) is 0 Å². The van der Waals surface area contributed by atoms with Gasteiger partial charge < -0.3 is 14.4 Å². The van der Waals surface area contributed by atoms with Crippen molar-refractivity contribution in [3.05, 3.63) is 0 Å². The van der Waals surface area contributed by atoms with Crippen LogP contribution in [-0.2, 0) is 14.3 Å². The van der Waals surface area contributed by atoms with Crippen LogP contribution >= 0.6 is 0 Å². The van der Waals surface area contributed by atoms with Gasteiger partial charge in [-0.25, -0.2) is 4.79 Å². The van der Waals surface area contributed by atoms with E-state index in [9.17, 15) is 9.59 Å². The predicted molar refractivity (Wildman–Crippen MR) is 60.6 cm³/mol. The Balaban J connectivity index is 2.00. The van der Waals surface area contributed by atoms with E-state index >= 15 is 0 Å². The van der Waals surface area contributed by atoms with Gasteiger partial charge in [0.1, 0.15) is 11.4 Å². The summed E-state index contributed by atoms with van der Waals surface area (Å²) < 4.78 is 10.6. The molecule has 0 N–H and O–H groups in total. The van der Waals surface area contributed by atoms with Crippen LogP contribution in [0.15, 0.2) is 0 Å². The third kappa shape index (κ3) is 2.77. The van der Waals surface area contributed by atoms with E-state index in [4.69, 9.17) is 9.47 Å². The summed E-state index contributed by atoms with van der Waals surface area (Å²) in [5, 5.41) is 0. The fourth-order valence-corrected chi connectivity index (χ4v) is 2.22. The summed E-state index contributed by atoms with van der Waals surface area (Å²) in [7, 11) is 0. The van der Waals surface area contributed by atoms with Crippen LogP contribution in [0.2, 0.25) is 0 Å². The number of Topliss-reactive ketones (excluding diaryl/α,β-unsaturated/α-hetero) is 1. The molecule has 2 fully saturated rings. The van der Waals surface area contributed by atoms with Gasteiger partial charge in [-0.1, -0.05) is 0 Å². The zero-order valence-electron chi connectivity index (χ0n) is 10.6. The molecule has 0 aromatic carbocycles. The molecular weight excluding hydrogens is 222 g/mol. The molecule has 2 unspecified atom stereocenters. The summed E-state index contributed by atoms with van der Waals surface area (Å²) in [6, 6.07) is 0. The topological polar surface area (TPSA) is 55.8 Å². The van der Waals surface area contributed by atoms with Crippen LogP contribution in [0.25, 0.3) is 0 Å². The molecule has 0 aliphatic carbocycles. The van der Waals surface area contributed by atoms with Crippen LogP contribution < -0.4 is 0 Å². The minimum absolute atomic E-state index is 0.171. The summed E-state index contributed by atoms with van der Waals surface area (Å²) in [6.07, 6.45) is -0.332. The second kappa shape index (κ2) is 4.29. The highest BCUT2D eigenvalue weighted by atomic mass is 16.6. The van der Waals surface area contributed by atoms with E-state index < -0.39 is 5.60 Å². The maximum atomic E-state index is 11.9. The normalized spacial score (nSPS) is 29.1. The number of amides is 1. The number of rotatable bonds is 0. The van der Waals surface area contributed by atoms with Crippen LogP contribution in [0.4, 0.5) is 4.79 Å². The van der Waals surface area contributed by atoms with Gasteiger partial charge in [-0.2, -0.15) is 0 Å². The Hall–Kier alpha value is -1.10. The van der Waals surface area contributed by atoms with E-state index in [1.165, 1.54) is 0 Å². The molecule has 0 radical (unpaired) electrons. The number of hydrogen-bond acceptors (Lipinski definition) is 4. The molecule has 5 heteroatoms. The van der Waals surface area contributed by atoms with Crippen molar-refractivity contribution in [3.8, 4) is 0 Å². The zero-order chi connectivity index (χ0) is 12.6. The van der Waals surface area contributed by atoms with Crippen molar-refractivity contribution in [2.24, 2.45) is 11.8 Å². The number of nitrogens with zero attached hydrogens (tertiary/aromatic N) is 1. The third-order valence-corrected chi connectivity index (χ3v) is 2.98. The molecule has 5 nitrogen and oxygen atoms in total. The van der Waals surface area contributed by atoms with Gasteiger partial charge in [0.2, 0.25) is 0 Å². The van der Waals surface area contributed by atoms with Crippen LogP contribution in [0.5, 0.6) is 0 Å². The number of fused-ring (bicyclic) bond motifs is 2. The first kappa shape index (κ1) is 12.4. The van der Waals surface area contributed by atoms with Gasteiger partial charge >= 0.3 is 6.09 Å². The molecule has 17 heavy (non-hydrogen) atoms. The lowest BCUT2D eigenvalue weighted by Gasteiger charge is -2.40. The van der Waals surface area contributed by atoms with Crippen LogP contribution in [0.3, 0.4) is 0 Å². The molecule has 2 saturated heterocycles. The van der Waals surface area contributed by atoms with Gasteiger partial charge in [-0.05, 0) is 20.8 Å². The maximum absolute atomic E-state index is 11.9. The first-order valence-corrected chi connectivity index (χ1v) is 5.96. The summed E-state index contributed by atoms with van der Waals surface area (Å²) in [6.45, 7) is 7.20. The van der Waals surface area contributed by atoms with Gasteiger partial charge in [-0.3, -0.25) is 4.79 Å². The monoisotopic (exact) mass is 241 g/mol. The minimum Gasteiger partial charge on any atom is -0.444 e. The van der Waals surface area contributed by atoms with E-state index in [1.807, 2.05) is 20.8 Å². The van der Waals surface area contributed by atoms with Crippen molar-refractivity contribution in [3.63, 3.8) is 0 Å². The summed E-state index contributed by atoms with van der Waals surface area (Å²) in [4.78, 5) is 25.3. The van der Waals surface area contributed by atoms with E-state index in [0.717, 1.165) is 0 Å². The summed E-state index contributed by atoms with van der Waals surface area (Å²) >= 11 is 0. The summed E-state index contributed by atoms with van der Waals surface area (Å²) in [5.74, 6) is -0.110. The highest BCUT2D eigenvalue weighted by molar-refractivity contribution is 5.87. The number of piperidine rings is 1. The molecule has 1 amide bonds. The van der Waals surface area contributed by atoms with Crippen molar-refractivity contribution >= 4 is 11.9 Å². The fourth-order valence-electron chi connectivity index (χ4n) is 2.22. The minimum atomic E-state index is -0.496. The molecule has 2 heterocycles. The third-order valence-electron chi connectivity index (χ3n) is 2.98. The Bertz CT molecular complexity index is 318. The Kier molecular flexibility index (Phi) is 3.12. The number of likely N-dealkylation sites (tertiary alicyclic amines) is 1. The van der Waals surface area contributed by atoms with Crippen LogP contribution in [0.1, 0.15) is 20.8 Å². The maximum Gasteiger partial charge on any atom is 0.410 e. The highest BCUT2D eigenvalue weighted by Gasteiger charge is 2.41.